The van der Waals surface area contributed by atoms with Gasteiger partial charge in [0.1, 0.15) is 0 Å². The highest BCUT2D eigenvalue weighted by Crippen LogP contribution is 2.37. The summed E-state index contributed by atoms with van der Waals surface area (Å²) in [5.74, 6) is -0.840. The molecule has 24 heavy (non-hydrogen) atoms. The van der Waals surface area contributed by atoms with Crippen molar-refractivity contribution >= 4 is 12.0 Å². The van der Waals surface area contributed by atoms with Crippen molar-refractivity contribution in [2.45, 2.75) is 44.2 Å². The molecular weight excluding hydrogens is 306 g/mol. The average Bonchev–Trinajstić information content (AvgIpc) is 2.51. The number of carbonyl (C=O) groups excluding carboxylic acids is 1. The van der Waals surface area contributed by atoms with Gasteiger partial charge in [-0.15, -0.1) is 0 Å². The standard InChI is InChI=1S/C18H27N3O3/c1-21(13-15-7-3-2-4-8-15)18(10-6-11-18)14-20-17(24)19-12-5-9-16(22)23/h2-4,7-8H,5-6,9-14H2,1H3,(H,22,23)(H2,19,20,24). The van der Waals surface area contributed by atoms with E-state index in [0.717, 1.165) is 19.4 Å². The molecule has 1 fully saturated rings. The van der Waals surface area contributed by atoms with E-state index in [2.05, 4.69) is 34.7 Å². The van der Waals surface area contributed by atoms with Crippen LogP contribution in [0.1, 0.15) is 37.7 Å². The molecule has 0 radical (unpaired) electrons. The summed E-state index contributed by atoms with van der Waals surface area (Å²) >= 11 is 0. The Morgan fingerprint density at radius 1 is 1.21 bits per heavy atom. The number of nitrogens with zero attached hydrogens (tertiary/aromatic N) is 1. The first-order chi connectivity index (χ1) is 11.5. The lowest BCUT2D eigenvalue weighted by molar-refractivity contribution is -0.137. The molecule has 1 aliphatic carbocycles. The summed E-state index contributed by atoms with van der Waals surface area (Å²) in [5, 5.41) is 14.2. The number of carboxylic acids is 1. The van der Waals surface area contributed by atoms with Crippen molar-refractivity contribution in [1.82, 2.24) is 15.5 Å². The van der Waals surface area contributed by atoms with Crippen molar-refractivity contribution in [3.8, 4) is 0 Å². The van der Waals surface area contributed by atoms with Crippen LogP contribution in [0.5, 0.6) is 0 Å². The molecule has 6 heteroatoms. The fourth-order valence-corrected chi connectivity index (χ4v) is 3.05. The third kappa shape index (κ3) is 5.23. The Labute approximate surface area is 143 Å². The smallest absolute Gasteiger partial charge is 0.314 e. The predicted molar refractivity (Wildman–Crippen MR) is 92.8 cm³/mol. The molecule has 2 amide bonds. The van der Waals surface area contributed by atoms with Crippen LogP contribution in [0.4, 0.5) is 4.79 Å². The first kappa shape index (κ1) is 18.3. The van der Waals surface area contributed by atoms with Crippen LogP contribution in [0.15, 0.2) is 30.3 Å². The van der Waals surface area contributed by atoms with Crippen molar-refractivity contribution in [2.24, 2.45) is 0 Å². The van der Waals surface area contributed by atoms with Gasteiger partial charge in [-0.2, -0.15) is 0 Å². The molecule has 1 aliphatic rings. The second kappa shape index (κ2) is 8.68. The topological polar surface area (TPSA) is 81.7 Å². The van der Waals surface area contributed by atoms with Gasteiger partial charge in [-0.3, -0.25) is 9.69 Å². The van der Waals surface area contributed by atoms with E-state index in [1.165, 1.54) is 12.0 Å². The first-order valence-electron chi connectivity index (χ1n) is 8.50. The van der Waals surface area contributed by atoms with Crippen molar-refractivity contribution in [1.29, 1.82) is 0 Å². The van der Waals surface area contributed by atoms with Crippen LogP contribution in [0.2, 0.25) is 0 Å². The Balaban J connectivity index is 1.76. The SMILES string of the molecule is CN(Cc1ccccc1)C1(CNC(=O)NCCCC(=O)O)CCC1. The van der Waals surface area contributed by atoms with Gasteiger partial charge in [0.25, 0.3) is 0 Å². The molecule has 1 aromatic carbocycles. The molecule has 0 atom stereocenters. The zero-order valence-electron chi connectivity index (χ0n) is 14.3. The van der Waals surface area contributed by atoms with Crippen molar-refractivity contribution < 1.29 is 14.7 Å². The van der Waals surface area contributed by atoms with Crippen LogP contribution >= 0.6 is 0 Å². The first-order valence-corrected chi connectivity index (χ1v) is 8.50. The van der Waals surface area contributed by atoms with Gasteiger partial charge >= 0.3 is 12.0 Å². The van der Waals surface area contributed by atoms with E-state index in [0.29, 0.717) is 19.5 Å². The maximum absolute atomic E-state index is 11.9. The second-order valence-corrected chi connectivity index (χ2v) is 6.53. The summed E-state index contributed by atoms with van der Waals surface area (Å²) in [6.07, 6.45) is 3.86. The largest absolute Gasteiger partial charge is 0.481 e. The van der Waals surface area contributed by atoms with Gasteiger partial charge in [0, 0.05) is 31.6 Å². The molecule has 1 saturated carbocycles. The van der Waals surface area contributed by atoms with Crippen LogP contribution in [0, 0.1) is 0 Å². The van der Waals surface area contributed by atoms with Gasteiger partial charge in [-0.1, -0.05) is 30.3 Å². The van der Waals surface area contributed by atoms with Gasteiger partial charge in [-0.25, -0.2) is 4.79 Å². The summed E-state index contributed by atoms with van der Waals surface area (Å²) in [6, 6.07) is 10.1. The van der Waals surface area contributed by atoms with Gasteiger partial charge in [0.2, 0.25) is 0 Å². The Kier molecular flexibility index (Phi) is 6.61. The minimum absolute atomic E-state index is 0.0221. The number of carboxylic acid groups (broad SMARTS) is 1. The zero-order valence-corrected chi connectivity index (χ0v) is 14.3. The number of likely N-dealkylation sites (N-methyl/N-ethyl adjacent to an activating group) is 1. The lowest BCUT2D eigenvalue weighted by Gasteiger charge is -2.49. The second-order valence-electron chi connectivity index (χ2n) is 6.53. The third-order valence-electron chi connectivity index (χ3n) is 4.79. The summed E-state index contributed by atoms with van der Waals surface area (Å²) in [5.41, 5.74) is 1.29. The number of urea groups is 1. The molecule has 0 unspecified atom stereocenters. The minimum Gasteiger partial charge on any atom is -0.481 e. The molecule has 0 aliphatic heterocycles. The normalized spacial score (nSPS) is 15.6. The van der Waals surface area contributed by atoms with E-state index in [1.807, 2.05) is 18.2 Å². The van der Waals surface area contributed by atoms with Gasteiger partial charge < -0.3 is 15.7 Å². The monoisotopic (exact) mass is 333 g/mol. The molecule has 6 nitrogen and oxygen atoms in total. The van der Waals surface area contributed by atoms with Crippen molar-refractivity contribution in [2.75, 3.05) is 20.1 Å². The zero-order chi connectivity index (χ0) is 17.4. The summed E-state index contributed by atoms with van der Waals surface area (Å²) in [7, 11) is 2.11. The fraction of sp³-hybridized carbons (Fsp3) is 0.556. The van der Waals surface area contributed by atoms with E-state index in [-0.39, 0.29) is 18.0 Å². The van der Waals surface area contributed by atoms with Crippen LogP contribution < -0.4 is 10.6 Å². The fourth-order valence-electron chi connectivity index (χ4n) is 3.05. The molecular formula is C18H27N3O3. The molecule has 132 valence electrons. The molecule has 1 aromatic rings. The number of amides is 2. The highest BCUT2D eigenvalue weighted by molar-refractivity contribution is 5.74. The molecule has 0 heterocycles. The summed E-state index contributed by atoms with van der Waals surface area (Å²) in [4.78, 5) is 24.6. The number of rotatable bonds is 9. The summed E-state index contributed by atoms with van der Waals surface area (Å²) < 4.78 is 0. The molecule has 0 bridgehead atoms. The van der Waals surface area contributed by atoms with Crippen LogP contribution in [0.25, 0.3) is 0 Å². The number of nitrogens with one attached hydrogen (secondary N) is 2. The Hall–Kier alpha value is -2.08. The average molecular weight is 333 g/mol. The van der Waals surface area contributed by atoms with Gasteiger partial charge in [0.15, 0.2) is 0 Å². The van der Waals surface area contributed by atoms with E-state index < -0.39 is 5.97 Å². The predicted octanol–water partition coefficient (Wildman–Crippen LogP) is 2.21. The molecule has 2 rings (SSSR count). The minimum atomic E-state index is -0.840. The van der Waals surface area contributed by atoms with E-state index >= 15 is 0 Å². The summed E-state index contributed by atoms with van der Waals surface area (Å²) in [6.45, 7) is 1.86. The maximum Gasteiger partial charge on any atom is 0.314 e. The highest BCUT2D eigenvalue weighted by atomic mass is 16.4. The van der Waals surface area contributed by atoms with Crippen molar-refractivity contribution in [3.63, 3.8) is 0 Å². The van der Waals surface area contributed by atoms with Crippen LogP contribution in [-0.4, -0.2) is 47.7 Å². The Morgan fingerprint density at radius 2 is 1.92 bits per heavy atom. The number of carbonyl (C=O) groups is 2. The van der Waals surface area contributed by atoms with Crippen LogP contribution in [-0.2, 0) is 11.3 Å². The molecule has 0 aromatic heterocycles. The molecule has 3 N–H and O–H groups in total. The van der Waals surface area contributed by atoms with E-state index in [1.54, 1.807) is 0 Å². The molecule has 0 saturated heterocycles. The van der Waals surface area contributed by atoms with E-state index in [9.17, 15) is 9.59 Å². The quantitative estimate of drug-likeness (QED) is 0.605. The van der Waals surface area contributed by atoms with Gasteiger partial charge in [-0.05, 0) is 38.3 Å². The van der Waals surface area contributed by atoms with E-state index in [4.69, 9.17) is 5.11 Å². The lowest BCUT2D eigenvalue weighted by Crippen LogP contribution is -2.59. The Morgan fingerprint density at radius 3 is 2.50 bits per heavy atom. The lowest BCUT2D eigenvalue weighted by atomic mass is 9.75. The van der Waals surface area contributed by atoms with Gasteiger partial charge in [0.05, 0.1) is 0 Å². The molecule has 0 spiro atoms. The number of benzene rings is 1. The van der Waals surface area contributed by atoms with Crippen LogP contribution in [0.3, 0.4) is 0 Å². The number of hydrogen-bond donors (Lipinski definition) is 3. The number of hydrogen-bond acceptors (Lipinski definition) is 3. The third-order valence-corrected chi connectivity index (χ3v) is 4.79. The number of aliphatic carboxylic acids is 1. The maximum atomic E-state index is 11.9. The highest BCUT2D eigenvalue weighted by Gasteiger charge is 2.40. The Bertz CT molecular complexity index is 544. The van der Waals surface area contributed by atoms with Crippen molar-refractivity contribution in [3.05, 3.63) is 35.9 Å².